The Bertz CT molecular complexity index is 1310. The first-order valence-corrected chi connectivity index (χ1v) is 10.2. The Balaban J connectivity index is 1.80. The number of ether oxygens (including phenoxy) is 1. The molecule has 1 heterocycles. The molecule has 0 saturated heterocycles. The van der Waals surface area contributed by atoms with Crippen LogP contribution in [0.3, 0.4) is 0 Å². The Labute approximate surface area is 164 Å². The smallest absolute Gasteiger partial charge is 0.488 e. The second kappa shape index (κ2) is 6.00. The van der Waals surface area contributed by atoms with Crippen molar-refractivity contribution in [2.45, 2.75) is 11.9 Å². The summed E-state index contributed by atoms with van der Waals surface area (Å²) >= 11 is 0. The number of alkyl halides is 3. The van der Waals surface area contributed by atoms with Gasteiger partial charge in [0, 0.05) is 5.39 Å². The van der Waals surface area contributed by atoms with E-state index in [0.717, 1.165) is 22.1 Å². The van der Waals surface area contributed by atoms with Crippen LogP contribution in [0.15, 0.2) is 54.6 Å². The van der Waals surface area contributed by atoms with Gasteiger partial charge < -0.3 is 8.92 Å². The number of rotatable bonds is 2. The van der Waals surface area contributed by atoms with Gasteiger partial charge in [-0.2, -0.15) is 21.6 Å². The van der Waals surface area contributed by atoms with Gasteiger partial charge in [0.15, 0.2) is 5.76 Å². The van der Waals surface area contributed by atoms with Crippen LogP contribution in [0.1, 0.15) is 16.7 Å². The molecule has 148 valence electrons. The van der Waals surface area contributed by atoms with Gasteiger partial charge in [0.1, 0.15) is 12.4 Å². The molecular formula is C21H13F3O4S. The molecule has 0 radical (unpaired) electrons. The van der Waals surface area contributed by atoms with Gasteiger partial charge >= 0.3 is 15.6 Å². The molecule has 0 aromatic heterocycles. The molecule has 4 nitrogen and oxygen atoms in total. The summed E-state index contributed by atoms with van der Waals surface area (Å²) < 4.78 is 72.5. The first-order chi connectivity index (χ1) is 13.8. The molecule has 1 aliphatic heterocycles. The van der Waals surface area contributed by atoms with Crippen LogP contribution in [-0.4, -0.2) is 20.5 Å². The van der Waals surface area contributed by atoms with Crippen molar-refractivity contribution in [3.05, 3.63) is 71.3 Å². The van der Waals surface area contributed by atoms with E-state index < -0.39 is 15.6 Å². The summed E-state index contributed by atoms with van der Waals surface area (Å²) in [5, 5.41) is 1.59. The summed E-state index contributed by atoms with van der Waals surface area (Å²) in [5.41, 5.74) is -1.73. The second-order valence-corrected chi connectivity index (χ2v) is 8.34. The SMILES string of the molecule is O=S(=O)(OC1=CCOc2c1c1c(c3ccccc23)-c2ccccc2C1)C(F)(F)F. The van der Waals surface area contributed by atoms with Crippen molar-refractivity contribution >= 4 is 26.6 Å². The molecule has 0 spiro atoms. The maximum Gasteiger partial charge on any atom is 0.534 e. The van der Waals surface area contributed by atoms with Crippen molar-refractivity contribution in [2.75, 3.05) is 6.61 Å². The van der Waals surface area contributed by atoms with Crippen LogP contribution in [0.4, 0.5) is 13.2 Å². The van der Waals surface area contributed by atoms with Crippen molar-refractivity contribution in [2.24, 2.45) is 0 Å². The zero-order chi connectivity index (χ0) is 20.4. The minimum absolute atomic E-state index is 0.0918. The molecule has 0 N–H and O–H groups in total. The van der Waals surface area contributed by atoms with E-state index in [0.29, 0.717) is 23.1 Å². The van der Waals surface area contributed by atoms with E-state index in [2.05, 4.69) is 4.18 Å². The lowest BCUT2D eigenvalue weighted by molar-refractivity contribution is -0.0509. The maximum absolute atomic E-state index is 12.9. The molecule has 2 aliphatic rings. The summed E-state index contributed by atoms with van der Waals surface area (Å²) in [6.07, 6.45) is 1.67. The lowest BCUT2D eigenvalue weighted by Crippen LogP contribution is -2.26. The number of fused-ring (bicyclic) bond motifs is 8. The Hall–Kier alpha value is -3.00. The third kappa shape index (κ3) is 2.62. The van der Waals surface area contributed by atoms with Crippen molar-refractivity contribution in [3.63, 3.8) is 0 Å². The Morgan fingerprint density at radius 3 is 2.38 bits per heavy atom. The van der Waals surface area contributed by atoms with Gasteiger partial charge in [-0.3, -0.25) is 0 Å². The number of halogens is 3. The van der Waals surface area contributed by atoms with Crippen LogP contribution in [0.25, 0.3) is 27.7 Å². The van der Waals surface area contributed by atoms with Gasteiger partial charge in [-0.05, 0) is 40.1 Å². The molecule has 0 fully saturated rings. The highest BCUT2D eigenvalue weighted by molar-refractivity contribution is 7.87. The maximum atomic E-state index is 12.9. The van der Waals surface area contributed by atoms with E-state index in [-0.39, 0.29) is 17.9 Å². The molecule has 0 atom stereocenters. The number of hydrogen-bond donors (Lipinski definition) is 0. The van der Waals surface area contributed by atoms with E-state index in [1.807, 2.05) is 36.4 Å². The minimum atomic E-state index is -5.80. The molecular weight excluding hydrogens is 405 g/mol. The van der Waals surface area contributed by atoms with Crippen LogP contribution in [-0.2, 0) is 20.7 Å². The molecule has 5 rings (SSSR count). The highest BCUT2D eigenvalue weighted by Gasteiger charge is 2.49. The lowest BCUT2D eigenvalue weighted by atomic mass is 9.91. The summed E-state index contributed by atoms with van der Waals surface area (Å²) in [6.45, 7) is -0.0918. The topological polar surface area (TPSA) is 52.6 Å². The quantitative estimate of drug-likeness (QED) is 0.339. The Kier molecular flexibility index (Phi) is 3.73. The molecule has 0 amide bonds. The summed E-state index contributed by atoms with van der Waals surface area (Å²) in [5.74, 6) is -0.0135. The van der Waals surface area contributed by atoms with Gasteiger partial charge in [0.25, 0.3) is 0 Å². The zero-order valence-corrected chi connectivity index (χ0v) is 15.6. The Morgan fingerprint density at radius 1 is 0.931 bits per heavy atom. The average Bonchev–Trinajstić information content (AvgIpc) is 3.06. The molecule has 29 heavy (non-hydrogen) atoms. The predicted octanol–water partition coefficient (Wildman–Crippen LogP) is 5.01. The summed E-state index contributed by atoms with van der Waals surface area (Å²) in [7, 11) is -5.80. The van der Waals surface area contributed by atoms with Gasteiger partial charge in [-0.25, -0.2) is 0 Å². The fraction of sp³-hybridized carbons (Fsp3) is 0.143. The number of benzene rings is 3. The highest BCUT2D eigenvalue weighted by Crippen LogP contribution is 2.51. The average molecular weight is 418 g/mol. The van der Waals surface area contributed by atoms with Gasteiger partial charge in [0.2, 0.25) is 0 Å². The third-order valence-electron chi connectivity index (χ3n) is 5.15. The summed E-state index contributed by atoms with van der Waals surface area (Å²) in [6, 6.07) is 15.1. The van der Waals surface area contributed by atoms with Crippen molar-refractivity contribution in [3.8, 4) is 16.9 Å². The molecule has 0 bridgehead atoms. The van der Waals surface area contributed by atoms with Crippen molar-refractivity contribution in [1.29, 1.82) is 0 Å². The normalized spacial score (nSPS) is 15.2. The van der Waals surface area contributed by atoms with Gasteiger partial charge in [-0.1, -0.05) is 48.5 Å². The molecule has 0 unspecified atom stereocenters. The fourth-order valence-corrected chi connectivity index (χ4v) is 4.49. The molecule has 0 saturated carbocycles. The van der Waals surface area contributed by atoms with Crippen LogP contribution >= 0.6 is 0 Å². The van der Waals surface area contributed by atoms with E-state index in [9.17, 15) is 21.6 Å². The first-order valence-electron chi connectivity index (χ1n) is 8.78. The van der Waals surface area contributed by atoms with Crippen LogP contribution in [0, 0.1) is 0 Å². The van der Waals surface area contributed by atoms with Crippen LogP contribution < -0.4 is 4.74 Å². The molecule has 1 aliphatic carbocycles. The van der Waals surface area contributed by atoms with Gasteiger partial charge in [0.05, 0.1) is 5.56 Å². The van der Waals surface area contributed by atoms with Crippen LogP contribution in [0.5, 0.6) is 5.75 Å². The molecule has 8 heteroatoms. The molecule has 3 aromatic carbocycles. The Morgan fingerprint density at radius 2 is 1.62 bits per heavy atom. The van der Waals surface area contributed by atoms with E-state index in [1.54, 1.807) is 12.1 Å². The minimum Gasteiger partial charge on any atom is -0.488 e. The first kappa shape index (κ1) is 18.1. The monoisotopic (exact) mass is 418 g/mol. The highest BCUT2D eigenvalue weighted by atomic mass is 32.2. The van der Waals surface area contributed by atoms with Gasteiger partial charge in [-0.15, -0.1) is 0 Å². The van der Waals surface area contributed by atoms with Crippen LogP contribution in [0.2, 0.25) is 0 Å². The van der Waals surface area contributed by atoms with E-state index in [4.69, 9.17) is 4.74 Å². The van der Waals surface area contributed by atoms with E-state index in [1.165, 1.54) is 6.08 Å². The second-order valence-electron chi connectivity index (χ2n) is 6.80. The zero-order valence-electron chi connectivity index (χ0n) is 14.8. The summed E-state index contributed by atoms with van der Waals surface area (Å²) in [4.78, 5) is 0. The van der Waals surface area contributed by atoms with Crippen molar-refractivity contribution in [1.82, 2.24) is 0 Å². The van der Waals surface area contributed by atoms with Crippen molar-refractivity contribution < 1.29 is 30.5 Å². The molecule has 3 aromatic rings. The van der Waals surface area contributed by atoms with E-state index >= 15 is 0 Å². The lowest BCUT2D eigenvalue weighted by Gasteiger charge is -2.24. The largest absolute Gasteiger partial charge is 0.534 e. The standard InChI is InChI=1S/C21H13F3O4S/c22-21(23,24)29(25,26)28-17-9-10-27-20-15-8-4-3-7-14(15)18-13-6-2-1-5-12(13)11-16(18)19(17)20/h1-9H,10-11H2. The predicted molar refractivity (Wildman–Crippen MR) is 102 cm³/mol. The number of hydrogen-bond acceptors (Lipinski definition) is 4. The fourth-order valence-electron chi connectivity index (χ4n) is 4.01. The third-order valence-corrected chi connectivity index (χ3v) is 6.12.